The van der Waals surface area contributed by atoms with Crippen LogP contribution in [0.4, 0.5) is 0 Å². The van der Waals surface area contributed by atoms with E-state index < -0.39 is 15.8 Å². The fourth-order valence-corrected chi connectivity index (χ4v) is 6.09. The lowest BCUT2D eigenvalue weighted by molar-refractivity contribution is -0.130. The number of benzene rings is 1. The predicted octanol–water partition coefficient (Wildman–Crippen LogP) is 1.16. The number of nitrogens with zero attached hydrogens (tertiary/aromatic N) is 1. The number of halogens is 1. The van der Waals surface area contributed by atoms with Crippen LogP contribution in [-0.4, -0.2) is 70.0 Å². The molecule has 3 rings (SSSR count). The Morgan fingerprint density at radius 1 is 1.28 bits per heavy atom. The Kier molecular flexibility index (Phi) is 6.72. The van der Waals surface area contributed by atoms with Crippen molar-refractivity contribution in [3.8, 4) is 11.5 Å². The number of nitrogens with one attached hydrogen (secondary N) is 1. The summed E-state index contributed by atoms with van der Waals surface area (Å²) in [7, 11) is 0.0602. The highest BCUT2D eigenvalue weighted by Crippen LogP contribution is 2.33. The van der Waals surface area contributed by atoms with E-state index in [0.717, 1.165) is 10.0 Å². The SMILES string of the molecule is COc1cc(Br)c(CCNC(=O)[C@@H]2CC(=O)N([C@H]3CCS(=O)(=O)C3)C2)cc1OC. The number of likely N-dealkylation sites (tertiary alicyclic amines) is 1. The van der Waals surface area contributed by atoms with Crippen LogP contribution in [0.2, 0.25) is 0 Å². The van der Waals surface area contributed by atoms with E-state index in [1.807, 2.05) is 12.1 Å². The lowest BCUT2D eigenvalue weighted by Crippen LogP contribution is -2.39. The first-order chi connectivity index (χ1) is 13.7. The van der Waals surface area contributed by atoms with Crippen molar-refractivity contribution in [2.45, 2.75) is 25.3 Å². The molecule has 2 saturated heterocycles. The van der Waals surface area contributed by atoms with Gasteiger partial charge in [0.2, 0.25) is 11.8 Å². The molecule has 2 aliphatic rings. The highest BCUT2D eigenvalue weighted by molar-refractivity contribution is 9.10. The number of carbonyl (C=O) groups is 2. The summed E-state index contributed by atoms with van der Waals surface area (Å²) in [5.41, 5.74) is 0.961. The van der Waals surface area contributed by atoms with Gasteiger partial charge in [0.05, 0.1) is 31.6 Å². The van der Waals surface area contributed by atoms with Gasteiger partial charge in [0, 0.05) is 30.0 Å². The average molecular weight is 489 g/mol. The Bertz CT molecular complexity index is 904. The molecule has 2 fully saturated rings. The van der Waals surface area contributed by atoms with Gasteiger partial charge in [-0.2, -0.15) is 0 Å². The summed E-state index contributed by atoms with van der Waals surface area (Å²) < 4.78 is 34.8. The van der Waals surface area contributed by atoms with Crippen LogP contribution in [-0.2, 0) is 25.8 Å². The van der Waals surface area contributed by atoms with Gasteiger partial charge >= 0.3 is 0 Å². The lowest BCUT2D eigenvalue weighted by atomic mass is 10.1. The Morgan fingerprint density at radius 3 is 2.59 bits per heavy atom. The molecule has 2 aliphatic heterocycles. The van der Waals surface area contributed by atoms with E-state index in [2.05, 4.69) is 21.2 Å². The van der Waals surface area contributed by atoms with Crippen LogP contribution in [0.1, 0.15) is 18.4 Å². The molecule has 1 N–H and O–H groups in total. The number of rotatable bonds is 7. The summed E-state index contributed by atoms with van der Waals surface area (Å²) in [5, 5.41) is 2.89. The largest absolute Gasteiger partial charge is 0.493 e. The van der Waals surface area contributed by atoms with Crippen LogP contribution >= 0.6 is 15.9 Å². The highest BCUT2D eigenvalue weighted by atomic mass is 79.9. The van der Waals surface area contributed by atoms with Gasteiger partial charge in [0.1, 0.15) is 0 Å². The summed E-state index contributed by atoms with van der Waals surface area (Å²) in [6.45, 7) is 0.695. The zero-order chi connectivity index (χ0) is 21.2. The van der Waals surface area contributed by atoms with E-state index in [-0.39, 0.29) is 42.3 Å². The Balaban J connectivity index is 1.53. The molecular weight excluding hydrogens is 464 g/mol. The Morgan fingerprint density at radius 2 is 1.97 bits per heavy atom. The van der Waals surface area contributed by atoms with Crippen molar-refractivity contribution in [2.75, 3.05) is 38.8 Å². The van der Waals surface area contributed by atoms with Gasteiger partial charge in [-0.05, 0) is 30.5 Å². The first-order valence-corrected chi connectivity index (χ1v) is 12.0. The topological polar surface area (TPSA) is 102 Å². The number of amides is 2. The lowest BCUT2D eigenvalue weighted by Gasteiger charge is -2.23. The molecule has 2 amide bonds. The normalized spacial score (nSPS) is 23.3. The third-order valence-electron chi connectivity index (χ3n) is 5.42. The van der Waals surface area contributed by atoms with E-state index in [9.17, 15) is 18.0 Å². The monoisotopic (exact) mass is 488 g/mol. The molecule has 0 radical (unpaired) electrons. The number of hydrogen-bond acceptors (Lipinski definition) is 6. The van der Waals surface area contributed by atoms with Gasteiger partial charge < -0.3 is 19.7 Å². The summed E-state index contributed by atoms with van der Waals surface area (Å²) in [6.07, 6.45) is 1.16. The molecule has 29 heavy (non-hydrogen) atoms. The van der Waals surface area contributed by atoms with Gasteiger partial charge in [0.25, 0.3) is 0 Å². The van der Waals surface area contributed by atoms with Gasteiger partial charge in [-0.3, -0.25) is 9.59 Å². The van der Waals surface area contributed by atoms with Gasteiger partial charge in [0.15, 0.2) is 21.3 Å². The smallest absolute Gasteiger partial charge is 0.225 e. The molecule has 1 aromatic carbocycles. The maximum absolute atomic E-state index is 12.5. The first-order valence-electron chi connectivity index (χ1n) is 9.42. The maximum Gasteiger partial charge on any atom is 0.225 e. The number of carbonyl (C=O) groups excluding carboxylic acids is 2. The number of sulfone groups is 1. The molecule has 2 atom stereocenters. The molecule has 0 aliphatic carbocycles. The second kappa shape index (κ2) is 8.91. The minimum absolute atomic E-state index is 0.000405. The van der Waals surface area contributed by atoms with Crippen LogP contribution in [0, 0.1) is 5.92 Å². The molecule has 0 saturated carbocycles. The zero-order valence-electron chi connectivity index (χ0n) is 16.4. The first kappa shape index (κ1) is 21.9. The summed E-state index contributed by atoms with van der Waals surface area (Å²) >= 11 is 3.50. The van der Waals surface area contributed by atoms with Crippen molar-refractivity contribution in [3.63, 3.8) is 0 Å². The van der Waals surface area contributed by atoms with Crippen LogP contribution in [0.3, 0.4) is 0 Å². The molecule has 0 unspecified atom stereocenters. The molecule has 1 aromatic rings. The van der Waals surface area contributed by atoms with E-state index in [1.54, 1.807) is 19.1 Å². The molecule has 160 valence electrons. The maximum atomic E-state index is 12.5. The molecule has 0 aromatic heterocycles. The van der Waals surface area contributed by atoms with Crippen LogP contribution < -0.4 is 14.8 Å². The number of hydrogen-bond donors (Lipinski definition) is 1. The van der Waals surface area contributed by atoms with Crippen molar-refractivity contribution >= 4 is 37.6 Å². The second-order valence-electron chi connectivity index (χ2n) is 7.34. The van der Waals surface area contributed by atoms with Crippen LogP contribution in [0.25, 0.3) is 0 Å². The van der Waals surface area contributed by atoms with E-state index in [1.165, 1.54) is 0 Å². The fraction of sp³-hybridized carbons (Fsp3) is 0.579. The summed E-state index contributed by atoms with van der Waals surface area (Å²) in [4.78, 5) is 26.4. The van der Waals surface area contributed by atoms with E-state index >= 15 is 0 Å². The molecule has 0 bridgehead atoms. The third kappa shape index (κ3) is 5.03. The predicted molar refractivity (Wildman–Crippen MR) is 111 cm³/mol. The van der Waals surface area contributed by atoms with Gasteiger partial charge in [-0.15, -0.1) is 0 Å². The number of methoxy groups -OCH3 is 2. The van der Waals surface area contributed by atoms with Crippen molar-refractivity contribution in [3.05, 3.63) is 22.2 Å². The third-order valence-corrected chi connectivity index (χ3v) is 7.91. The molecule has 2 heterocycles. The van der Waals surface area contributed by atoms with Crippen LogP contribution in [0.15, 0.2) is 16.6 Å². The number of ether oxygens (including phenoxy) is 2. The minimum Gasteiger partial charge on any atom is -0.493 e. The Hall–Kier alpha value is -1.81. The minimum atomic E-state index is -3.07. The molecule has 10 heteroatoms. The zero-order valence-corrected chi connectivity index (χ0v) is 18.8. The summed E-state index contributed by atoms with van der Waals surface area (Å²) in [6, 6.07) is 3.38. The average Bonchev–Trinajstić information content (AvgIpc) is 3.24. The fourth-order valence-electron chi connectivity index (χ4n) is 3.83. The highest BCUT2D eigenvalue weighted by Gasteiger charge is 2.41. The standard InChI is InChI=1S/C19H25BrN2O6S/c1-27-16-7-12(15(20)9-17(16)28-2)3-5-21-19(24)13-8-18(23)22(10-13)14-4-6-29(25,26)11-14/h7,9,13-14H,3-6,8,10-11H2,1-2H3,(H,21,24)/t13-,14+/m1/s1. The second-order valence-corrected chi connectivity index (χ2v) is 10.4. The van der Waals surface area contributed by atoms with Crippen molar-refractivity contribution < 1.29 is 27.5 Å². The van der Waals surface area contributed by atoms with E-state index in [4.69, 9.17) is 9.47 Å². The van der Waals surface area contributed by atoms with Crippen molar-refractivity contribution in [1.29, 1.82) is 0 Å². The molecule has 0 spiro atoms. The van der Waals surface area contributed by atoms with Crippen molar-refractivity contribution in [1.82, 2.24) is 10.2 Å². The molecule has 8 nitrogen and oxygen atoms in total. The van der Waals surface area contributed by atoms with Crippen LogP contribution in [0.5, 0.6) is 11.5 Å². The van der Waals surface area contributed by atoms with Gasteiger partial charge in [-0.25, -0.2) is 8.42 Å². The molecular formula is C19H25BrN2O6S. The van der Waals surface area contributed by atoms with Crippen molar-refractivity contribution in [2.24, 2.45) is 5.92 Å². The van der Waals surface area contributed by atoms with Gasteiger partial charge in [-0.1, -0.05) is 15.9 Å². The van der Waals surface area contributed by atoms with E-state index in [0.29, 0.717) is 30.9 Å². The summed E-state index contributed by atoms with van der Waals surface area (Å²) in [5.74, 6) is 0.567. The quantitative estimate of drug-likeness (QED) is 0.617. The Labute approximate surface area is 179 Å².